The minimum atomic E-state index is 0.0519. The van der Waals surface area contributed by atoms with Gasteiger partial charge in [0.1, 0.15) is 0 Å². The van der Waals surface area contributed by atoms with Gasteiger partial charge in [-0.1, -0.05) is 44.9 Å². The van der Waals surface area contributed by atoms with Gasteiger partial charge in [-0.3, -0.25) is 0 Å². The average Bonchev–Trinajstić information content (AvgIpc) is 2.61. The van der Waals surface area contributed by atoms with Crippen LogP contribution in [0.4, 0.5) is 5.69 Å². The molecule has 0 aromatic heterocycles. The van der Waals surface area contributed by atoms with Gasteiger partial charge in [0.05, 0.1) is 12.3 Å². The molecule has 0 aliphatic rings. The van der Waals surface area contributed by atoms with Gasteiger partial charge in [-0.15, -0.1) is 0 Å². The first-order chi connectivity index (χ1) is 11.8. The highest BCUT2D eigenvalue weighted by Crippen LogP contribution is 2.13. The summed E-state index contributed by atoms with van der Waals surface area (Å²) < 4.78 is 10.7. The predicted molar refractivity (Wildman–Crippen MR) is 94.2 cm³/mol. The molecule has 0 radical (unpaired) electrons. The summed E-state index contributed by atoms with van der Waals surface area (Å²) in [5.74, 6) is 0.0689. The summed E-state index contributed by atoms with van der Waals surface area (Å²) >= 11 is 0. The molecule has 1 rings (SSSR count). The number of guanidine groups is 1. The van der Waals surface area contributed by atoms with Crippen LogP contribution in [0.1, 0.15) is 39.5 Å². The smallest absolute Gasteiger partial charge is 0.262 e. The number of benzene rings is 1. The Morgan fingerprint density at radius 2 is 1.62 bits per heavy atom. The monoisotopic (exact) mass is 339 g/mol. The van der Waals surface area contributed by atoms with E-state index < -0.39 is 0 Å². The maximum atomic E-state index is 5.95. The number of ether oxygens (including phenoxy) is 2. The van der Waals surface area contributed by atoms with Gasteiger partial charge >= 0.3 is 0 Å². The molecule has 24 heavy (non-hydrogen) atoms. The molecule has 0 aliphatic carbocycles. The van der Waals surface area contributed by atoms with E-state index in [0.717, 1.165) is 31.4 Å². The van der Waals surface area contributed by atoms with Crippen LogP contribution in [-0.2, 0) is 19.1 Å². The summed E-state index contributed by atoms with van der Waals surface area (Å²) in [6.07, 6.45) is 4.10. The molecule has 7 nitrogen and oxygen atoms in total. The molecule has 0 amide bonds. The summed E-state index contributed by atoms with van der Waals surface area (Å²) in [4.78, 5) is 10.6. The van der Waals surface area contributed by atoms with Gasteiger partial charge in [0, 0.05) is 6.61 Å². The van der Waals surface area contributed by atoms with E-state index in [2.05, 4.69) is 19.0 Å². The summed E-state index contributed by atoms with van der Waals surface area (Å²) in [6.45, 7) is 5.60. The molecule has 7 heteroatoms. The van der Waals surface area contributed by atoms with Crippen molar-refractivity contribution in [2.45, 2.75) is 39.5 Å². The molecule has 0 atom stereocenters. The zero-order valence-electron chi connectivity index (χ0n) is 14.6. The van der Waals surface area contributed by atoms with Crippen molar-refractivity contribution in [2.75, 3.05) is 31.9 Å². The SMILES string of the molecule is CCCCOCO/N=C(\N)N(OCOCCCC)c1ccccc1. The lowest BCUT2D eigenvalue weighted by Crippen LogP contribution is -2.38. The van der Waals surface area contributed by atoms with Crippen molar-refractivity contribution in [3.63, 3.8) is 0 Å². The highest BCUT2D eigenvalue weighted by molar-refractivity contribution is 5.92. The number of rotatable bonds is 13. The molecule has 0 fully saturated rings. The zero-order valence-corrected chi connectivity index (χ0v) is 14.6. The average molecular weight is 339 g/mol. The second-order valence-electron chi connectivity index (χ2n) is 5.10. The van der Waals surface area contributed by atoms with Crippen LogP contribution in [0.25, 0.3) is 0 Å². The normalized spacial score (nSPS) is 11.5. The Kier molecular flexibility index (Phi) is 11.5. The Hall–Kier alpha value is -1.83. The van der Waals surface area contributed by atoms with Gasteiger partial charge in [0.15, 0.2) is 6.79 Å². The second-order valence-corrected chi connectivity index (χ2v) is 5.10. The first kappa shape index (κ1) is 20.2. The Balaban J connectivity index is 2.50. The third-order valence-electron chi connectivity index (χ3n) is 3.04. The first-order valence-electron chi connectivity index (χ1n) is 8.38. The summed E-state index contributed by atoms with van der Waals surface area (Å²) in [6, 6.07) is 9.38. The third-order valence-corrected chi connectivity index (χ3v) is 3.04. The highest BCUT2D eigenvalue weighted by atomic mass is 16.8. The van der Waals surface area contributed by atoms with Crippen molar-refractivity contribution in [2.24, 2.45) is 10.9 Å². The van der Waals surface area contributed by atoms with Crippen LogP contribution in [-0.4, -0.2) is 32.8 Å². The summed E-state index contributed by atoms with van der Waals surface area (Å²) in [5, 5.41) is 5.20. The number of nitrogens with zero attached hydrogens (tertiary/aromatic N) is 2. The number of hydrogen-bond acceptors (Lipinski definition) is 5. The summed E-state index contributed by atoms with van der Waals surface area (Å²) in [5.41, 5.74) is 6.68. The van der Waals surface area contributed by atoms with Crippen molar-refractivity contribution >= 4 is 11.6 Å². The van der Waals surface area contributed by atoms with E-state index in [1.807, 2.05) is 30.3 Å². The number of hydrogen-bond donors (Lipinski definition) is 1. The lowest BCUT2D eigenvalue weighted by atomic mass is 10.3. The Morgan fingerprint density at radius 3 is 2.25 bits per heavy atom. The molecular weight excluding hydrogens is 310 g/mol. The van der Waals surface area contributed by atoms with E-state index in [4.69, 9.17) is 24.9 Å². The van der Waals surface area contributed by atoms with E-state index in [1.165, 1.54) is 5.06 Å². The first-order valence-corrected chi connectivity index (χ1v) is 8.38. The van der Waals surface area contributed by atoms with Gasteiger partial charge in [-0.2, -0.15) is 5.06 Å². The number of oxime groups is 1. The van der Waals surface area contributed by atoms with Crippen molar-refractivity contribution in [3.05, 3.63) is 30.3 Å². The lowest BCUT2D eigenvalue weighted by molar-refractivity contribution is -0.0616. The van der Waals surface area contributed by atoms with Crippen LogP contribution in [0, 0.1) is 0 Å². The molecule has 1 aromatic carbocycles. The van der Waals surface area contributed by atoms with Crippen LogP contribution in [0.5, 0.6) is 0 Å². The molecule has 0 aliphatic heterocycles. The van der Waals surface area contributed by atoms with Gasteiger partial charge < -0.3 is 20.0 Å². The fourth-order valence-electron chi connectivity index (χ4n) is 1.70. The number of anilines is 1. The predicted octanol–water partition coefficient (Wildman–Crippen LogP) is 3.22. The minimum Gasteiger partial charge on any atom is -0.365 e. The van der Waals surface area contributed by atoms with Gasteiger partial charge in [0.2, 0.25) is 6.79 Å². The fraction of sp³-hybridized carbons (Fsp3) is 0.588. The fourth-order valence-corrected chi connectivity index (χ4v) is 1.70. The number of hydroxylamine groups is 1. The standard InChI is InChI=1S/C17H29N3O4/c1-3-5-12-21-14-23-19-17(18)20(16-10-8-7-9-11-16)24-15-22-13-6-4-2/h7-11H,3-6,12-15H2,1-2H3,(H2,18,19). The molecule has 0 bridgehead atoms. The molecule has 136 valence electrons. The quantitative estimate of drug-likeness (QED) is 0.195. The number of para-hydroxylation sites is 1. The van der Waals surface area contributed by atoms with E-state index in [1.54, 1.807) is 0 Å². The molecule has 0 unspecified atom stereocenters. The van der Waals surface area contributed by atoms with Crippen LogP contribution < -0.4 is 10.8 Å². The van der Waals surface area contributed by atoms with E-state index >= 15 is 0 Å². The molecule has 1 aromatic rings. The van der Waals surface area contributed by atoms with Crippen LogP contribution in [0.3, 0.4) is 0 Å². The lowest BCUT2D eigenvalue weighted by Gasteiger charge is -2.21. The van der Waals surface area contributed by atoms with Crippen molar-refractivity contribution in [1.29, 1.82) is 0 Å². The highest BCUT2D eigenvalue weighted by Gasteiger charge is 2.12. The molecule has 0 spiro atoms. The van der Waals surface area contributed by atoms with Gasteiger partial charge in [0.25, 0.3) is 5.96 Å². The van der Waals surface area contributed by atoms with Gasteiger partial charge in [-0.25, -0.2) is 4.84 Å². The molecule has 0 saturated carbocycles. The molecular formula is C17H29N3O4. The van der Waals surface area contributed by atoms with E-state index in [-0.39, 0.29) is 19.5 Å². The maximum Gasteiger partial charge on any atom is 0.262 e. The Labute approximate surface area is 144 Å². The topological polar surface area (TPSA) is 78.5 Å². The number of nitrogens with two attached hydrogens (primary N) is 1. The maximum absolute atomic E-state index is 5.95. The van der Waals surface area contributed by atoms with Crippen molar-refractivity contribution < 1.29 is 19.1 Å². The van der Waals surface area contributed by atoms with E-state index in [0.29, 0.717) is 13.2 Å². The minimum absolute atomic E-state index is 0.0519. The largest absolute Gasteiger partial charge is 0.365 e. The van der Waals surface area contributed by atoms with Crippen molar-refractivity contribution in [1.82, 2.24) is 0 Å². The van der Waals surface area contributed by atoms with Gasteiger partial charge in [-0.05, 0) is 30.1 Å². The van der Waals surface area contributed by atoms with Crippen LogP contribution >= 0.6 is 0 Å². The third kappa shape index (κ3) is 8.71. The van der Waals surface area contributed by atoms with E-state index in [9.17, 15) is 0 Å². The van der Waals surface area contributed by atoms with Crippen LogP contribution in [0.2, 0.25) is 0 Å². The van der Waals surface area contributed by atoms with Crippen LogP contribution in [0.15, 0.2) is 35.5 Å². The number of unbranched alkanes of at least 4 members (excludes halogenated alkanes) is 2. The molecule has 0 saturated heterocycles. The Morgan fingerprint density at radius 1 is 1.00 bits per heavy atom. The summed E-state index contributed by atoms with van der Waals surface area (Å²) in [7, 11) is 0. The zero-order chi connectivity index (χ0) is 17.5. The second kappa shape index (κ2) is 13.6. The molecule has 2 N–H and O–H groups in total. The van der Waals surface area contributed by atoms with Crippen molar-refractivity contribution in [3.8, 4) is 0 Å². The Bertz CT molecular complexity index is 443. The molecule has 0 heterocycles.